The molecule has 0 amide bonds. The zero-order valence-electron chi connectivity index (χ0n) is 17.5. The van der Waals surface area contributed by atoms with Gasteiger partial charge in [-0.05, 0) is 46.0 Å². The summed E-state index contributed by atoms with van der Waals surface area (Å²) in [6.07, 6.45) is 24.5. The number of rotatable bonds is 18. The Labute approximate surface area is 158 Å². The third kappa shape index (κ3) is 15.6. The molecule has 148 valence electrons. The van der Waals surface area contributed by atoms with Gasteiger partial charge in [-0.1, -0.05) is 76.9 Å². The van der Waals surface area contributed by atoms with Crippen molar-refractivity contribution in [1.29, 1.82) is 0 Å². The second kappa shape index (κ2) is 14.8. The van der Waals surface area contributed by atoms with E-state index >= 15 is 0 Å². The van der Waals surface area contributed by atoms with Crippen LogP contribution in [-0.4, -0.2) is 24.8 Å². The van der Waals surface area contributed by atoms with Crippen LogP contribution in [0.25, 0.3) is 0 Å². The molecule has 1 fully saturated rings. The summed E-state index contributed by atoms with van der Waals surface area (Å²) in [5, 5.41) is 3.64. The van der Waals surface area contributed by atoms with Crippen molar-refractivity contribution < 1.29 is 4.74 Å². The third-order valence-corrected chi connectivity index (χ3v) is 5.27. The molecule has 0 aromatic heterocycles. The Morgan fingerprint density at radius 1 is 0.840 bits per heavy atom. The molecule has 1 rings (SSSR count). The van der Waals surface area contributed by atoms with E-state index < -0.39 is 0 Å². The fourth-order valence-corrected chi connectivity index (χ4v) is 3.30. The Balaban J connectivity index is 1.78. The van der Waals surface area contributed by atoms with Crippen LogP contribution in [0.1, 0.15) is 111 Å². The minimum Gasteiger partial charge on any atom is -0.372 e. The predicted molar refractivity (Wildman–Crippen MR) is 111 cm³/mol. The minimum atomic E-state index is 0.269. The molecule has 1 saturated heterocycles. The van der Waals surface area contributed by atoms with E-state index in [9.17, 15) is 0 Å². The third-order valence-electron chi connectivity index (χ3n) is 5.27. The second-order valence-electron chi connectivity index (χ2n) is 8.55. The van der Waals surface area contributed by atoms with Crippen molar-refractivity contribution in [3.8, 4) is 0 Å². The highest BCUT2D eigenvalue weighted by Crippen LogP contribution is 2.17. The number of hydrogen-bond acceptors (Lipinski definition) is 2. The summed E-state index contributed by atoms with van der Waals surface area (Å²) in [4.78, 5) is 0. The van der Waals surface area contributed by atoms with E-state index in [4.69, 9.17) is 4.74 Å². The Bertz CT molecular complexity index is 320. The molecule has 2 heteroatoms. The standard InChI is InChI=1S/C23H45NO/c1-4-5-6-7-8-9-10-11-12-13-14-15-16-17-18-19-23(2,3)24-20-22-21-25-22/h11-12,22,24H,4-10,13-21H2,1-3H3. The average molecular weight is 352 g/mol. The van der Waals surface area contributed by atoms with Gasteiger partial charge in [0, 0.05) is 12.1 Å². The van der Waals surface area contributed by atoms with Crippen LogP contribution in [0.2, 0.25) is 0 Å². The van der Waals surface area contributed by atoms with E-state index in [-0.39, 0.29) is 5.54 Å². The molecular formula is C23H45NO. The van der Waals surface area contributed by atoms with Gasteiger partial charge in [0.05, 0.1) is 12.7 Å². The fraction of sp³-hybridized carbons (Fsp3) is 0.913. The Morgan fingerprint density at radius 2 is 1.36 bits per heavy atom. The molecule has 1 aliphatic heterocycles. The number of ether oxygens (including phenoxy) is 1. The first kappa shape index (κ1) is 22.7. The summed E-state index contributed by atoms with van der Waals surface area (Å²) in [6, 6.07) is 0. The van der Waals surface area contributed by atoms with E-state index in [1.54, 1.807) is 0 Å². The van der Waals surface area contributed by atoms with Gasteiger partial charge in [-0.3, -0.25) is 0 Å². The lowest BCUT2D eigenvalue weighted by Gasteiger charge is -2.26. The zero-order valence-corrected chi connectivity index (χ0v) is 17.5. The lowest BCUT2D eigenvalue weighted by Crippen LogP contribution is -2.41. The number of epoxide rings is 1. The molecule has 1 atom stereocenters. The average Bonchev–Trinajstić information content (AvgIpc) is 3.41. The van der Waals surface area contributed by atoms with Crippen LogP contribution in [0.5, 0.6) is 0 Å². The van der Waals surface area contributed by atoms with Gasteiger partial charge >= 0.3 is 0 Å². The van der Waals surface area contributed by atoms with Crippen LogP contribution in [0.4, 0.5) is 0 Å². The number of nitrogens with one attached hydrogen (secondary N) is 1. The summed E-state index contributed by atoms with van der Waals surface area (Å²) < 4.78 is 5.27. The molecule has 0 saturated carbocycles. The van der Waals surface area contributed by atoms with Crippen LogP contribution in [0, 0.1) is 0 Å². The van der Waals surface area contributed by atoms with Crippen LogP contribution >= 0.6 is 0 Å². The maximum absolute atomic E-state index is 5.27. The monoisotopic (exact) mass is 351 g/mol. The molecule has 0 aromatic rings. The van der Waals surface area contributed by atoms with Gasteiger partial charge in [0.25, 0.3) is 0 Å². The molecule has 25 heavy (non-hydrogen) atoms. The quantitative estimate of drug-likeness (QED) is 0.167. The molecular weight excluding hydrogens is 306 g/mol. The number of hydrogen-bond donors (Lipinski definition) is 1. The van der Waals surface area contributed by atoms with Crippen molar-refractivity contribution in [2.24, 2.45) is 0 Å². The van der Waals surface area contributed by atoms with Gasteiger partial charge in [-0.2, -0.15) is 0 Å². The molecule has 0 aromatic carbocycles. The summed E-state index contributed by atoms with van der Waals surface area (Å²) in [5.74, 6) is 0. The van der Waals surface area contributed by atoms with E-state index in [1.807, 2.05) is 0 Å². The maximum Gasteiger partial charge on any atom is 0.0934 e. The molecule has 1 heterocycles. The first-order valence-corrected chi connectivity index (χ1v) is 11.2. The highest BCUT2D eigenvalue weighted by atomic mass is 16.6. The summed E-state index contributed by atoms with van der Waals surface area (Å²) in [5.41, 5.74) is 0.269. The van der Waals surface area contributed by atoms with Gasteiger partial charge in [0.15, 0.2) is 0 Å². The van der Waals surface area contributed by atoms with Gasteiger partial charge in [0.2, 0.25) is 0 Å². The van der Waals surface area contributed by atoms with E-state index in [0.29, 0.717) is 6.10 Å². The fourth-order valence-electron chi connectivity index (χ4n) is 3.30. The SMILES string of the molecule is CCCCCCCCC=CCCCCCCCC(C)(C)NCC1CO1. The van der Waals surface area contributed by atoms with E-state index in [0.717, 1.165) is 13.2 Å². The van der Waals surface area contributed by atoms with Gasteiger partial charge in [-0.15, -0.1) is 0 Å². The molecule has 2 nitrogen and oxygen atoms in total. The molecule has 0 bridgehead atoms. The first-order valence-electron chi connectivity index (χ1n) is 11.2. The van der Waals surface area contributed by atoms with Crippen LogP contribution in [-0.2, 0) is 4.74 Å². The van der Waals surface area contributed by atoms with Crippen molar-refractivity contribution in [2.45, 2.75) is 122 Å². The Hall–Kier alpha value is -0.340. The smallest absolute Gasteiger partial charge is 0.0934 e. The van der Waals surface area contributed by atoms with Gasteiger partial charge < -0.3 is 10.1 Å². The van der Waals surface area contributed by atoms with Gasteiger partial charge in [-0.25, -0.2) is 0 Å². The lowest BCUT2D eigenvalue weighted by molar-refractivity contribution is 0.317. The van der Waals surface area contributed by atoms with Crippen LogP contribution in [0.3, 0.4) is 0 Å². The molecule has 1 aliphatic rings. The summed E-state index contributed by atoms with van der Waals surface area (Å²) >= 11 is 0. The lowest BCUT2D eigenvalue weighted by atomic mass is 9.96. The summed E-state index contributed by atoms with van der Waals surface area (Å²) in [6.45, 7) is 8.91. The highest BCUT2D eigenvalue weighted by Gasteiger charge is 2.25. The number of unbranched alkanes of at least 4 members (excludes halogenated alkanes) is 11. The van der Waals surface area contributed by atoms with Crippen molar-refractivity contribution in [3.63, 3.8) is 0 Å². The van der Waals surface area contributed by atoms with Gasteiger partial charge in [0.1, 0.15) is 0 Å². The van der Waals surface area contributed by atoms with Crippen molar-refractivity contribution in [3.05, 3.63) is 12.2 Å². The topological polar surface area (TPSA) is 24.6 Å². The molecule has 1 unspecified atom stereocenters. The van der Waals surface area contributed by atoms with Crippen LogP contribution < -0.4 is 5.32 Å². The Morgan fingerprint density at radius 3 is 1.92 bits per heavy atom. The Kier molecular flexibility index (Phi) is 13.4. The largest absolute Gasteiger partial charge is 0.372 e. The first-order chi connectivity index (χ1) is 12.1. The zero-order chi connectivity index (χ0) is 18.2. The minimum absolute atomic E-state index is 0.269. The van der Waals surface area contributed by atoms with E-state index in [1.165, 1.54) is 89.9 Å². The molecule has 0 spiro atoms. The summed E-state index contributed by atoms with van der Waals surface area (Å²) in [7, 11) is 0. The van der Waals surface area contributed by atoms with Crippen molar-refractivity contribution >= 4 is 0 Å². The van der Waals surface area contributed by atoms with E-state index in [2.05, 4.69) is 38.2 Å². The molecule has 1 N–H and O–H groups in total. The van der Waals surface area contributed by atoms with Crippen molar-refractivity contribution in [1.82, 2.24) is 5.32 Å². The maximum atomic E-state index is 5.27. The normalized spacial score (nSPS) is 17.5. The van der Waals surface area contributed by atoms with Crippen LogP contribution in [0.15, 0.2) is 12.2 Å². The molecule has 0 radical (unpaired) electrons. The van der Waals surface area contributed by atoms with Crippen molar-refractivity contribution in [2.75, 3.05) is 13.2 Å². The number of allylic oxidation sites excluding steroid dienone is 2. The predicted octanol–water partition coefficient (Wildman–Crippen LogP) is 6.79. The second-order valence-corrected chi connectivity index (χ2v) is 8.55. The molecule has 0 aliphatic carbocycles. The highest BCUT2D eigenvalue weighted by molar-refractivity contribution is 4.82.